The molecule has 0 aromatic heterocycles. The van der Waals surface area contributed by atoms with Crippen LogP contribution in [0, 0.1) is 5.92 Å². The molecular formula is C17H33N3O. The van der Waals surface area contributed by atoms with Crippen molar-refractivity contribution in [2.75, 3.05) is 19.6 Å². The van der Waals surface area contributed by atoms with E-state index in [2.05, 4.69) is 36.3 Å². The normalized spacial score (nSPS) is 26.2. The van der Waals surface area contributed by atoms with E-state index in [4.69, 9.17) is 0 Å². The third-order valence-electron chi connectivity index (χ3n) is 4.99. The Labute approximate surface area is 130 Å². The third-order valence-corrected chi connectivity index (χ3v) is 4.99. The molecule has 1 aliphatic carbocycles. The van der Waals surface area contributed by atoms with E-state index in [1.807, 2.05) is 0 Å². The molecule has 4 nitrogen and oxygen atoms in total. The summed E-state index contributed by atoms with van der Waals surface area (Å²) in [6.45, 7) is 9.65. The minimum atomic E-state index is 0.0208. The van der Waals surface area contributed by atoms with Crippen molar-refractivity contribution < 1.29 is 4.79 Å². The summed E-state index contributed by atoms with van der Waals surface area (Å²) in [6.07, 6.45) is 7.37. The van der Waals surface area contributed by atoms with Gasteiger partial charge in [-0.2, -0.15) is 0 Å². The van der Waals surface area contributed by atoms with E-state index in [0.717, 1.165) is 19.6 Å². The first-order valence-electron chi connectivity index (χ1n) is 8.84. The van der Waals surface area contributed by atoms with Gasteiger partial charge in [-0.15, -0.1) is 0 Å². The Hall–Kier alpha value is -0.610. The maximum Gasteiger partial charge on any atom is 0.237 e. The highest BCUT2D eigenvalue weighted by molar-refractivity contribution is 5.81. The molecule has 21 heavy (non-hydrogen) atoms. The summed E-state index contributed by atoms with van der Waals surface area (Å²) >= 11 is 0. The van der Waals surface area contributed by atoms with Crippen LogP contribution in [-0.4, -0.2) is 48.6 Å². The Morgan fingerprint density at radius 1 is 1.14 bits per heavy atom. The lowest BCUT2D eigenvalue weighted by Crippen LogP contribution is -2.51. The van der Waals surface area contributed by atoms with Gasteiger partial charge in [0.15, 0.2) is 0 Å². The molecule has 0 radical (unpaired) electrons. The zero-order chi connectivity index (χ0) is 15.2. The maximum absolute atomic E-state index is 12.4. The van der Waals surface area contributed by atoms with Crippen molar-refractivity contribution in [3.63, 3.8) is 0 Å². The lowest BCUT2D eigenvalue weighted by Gasteiger charge is -2.36. The van der Waals surface area contributed by atoms with Crippen LogP contribution in [0.25, 0.3) is 0 Å². The molecule has 4 heteroatoms. The predicted molar refractivity (Wildman–Crippen MR) is 87.3 cm³/mol. The number of hydrogen-bond donors (Lipinski definition) is 2. The van der Waals surface area contributed by atoms with Gasteiger partial charge < -0.3 is 10.6 Å². The van der Waals surface area contributed by atoms with Crippen LogP contribution in [0.4, 0.5) is 0 Å². The largest absolute Gasteiger partial charge is 0.352 e. The molecule has 0 aromatic carbocycles. The third kappa shape index (κ3) is 5.26. The molecule has 2 N–H and O–H groups in total. The molecule has 0 spiro atoms. The number of nitrogens with zero attached hydrogens (tertiary/aromatic N) is 1. The summed E-state index contributed by atoms with van der Waals surface area (Å²) in [5.74, 6) is 0.919. The highest BCUT2D eigenvalue weighted by Gasteiger charge is 2.28. The fourth-order valence-corrected chi connectivity index (χ4v) is 3.58. The summed E-state index contributed by atoms with van der Waals surface area (Å²) < 4.78 is 0. The molecule has 0 bridgehead atoms. The van der Waals surface area contributed by atoms with Crippen molar-refractivity contribution in [2.24, 2.45) is 5.92 Å². The number of amides is 1. The van der Waals surface area contributed by atoms with Crippen LogP contribution in [0.2, 0.25) is 0 Å². The number of piperidine rings is 1. The maximum atomic E-state index is 12.4. The lowest BCUT2D eigenvalue weighted by atomic mass is 9.96. The standard InChI is InChI=1S/C17H33N3O/c1-13(2)18-11-15-7-6-10-20(12-15)14(3)17(21)19-16-8-4-5-9-16/h13-16,18H,4-12H2,1-3H3,(H,19,21). The molecule has 2 unspecified atom stereocenters. The first-order valence-corrected chi connectivity index (χ1v) is 8.84. The molecule has 2 atom stereocenters. The van der Waals surface area contributed by atoms with Gasteiger partial charge in [-0.05, 0) is 51.6 Å². The minimum absolute atomic E-state index is 0.0208. The van der Waals surface area contributed by atoms with Crippen molar-refractivity contribution in [1.82, 2.24) is 15.5 Å². The second-order valence-corrected chi connectivity index (χ2v) is 7.23. The minimum Gasteiger partial charge on any atom is -0.352 e. The van der Waals surface area contributed by atoms with Crippen LogP contribution >= 0.6 is 0 Å². The van der Waals surface area contributed by atoms with Crippen LogP contribution in [0.1, 0.15) is 59.3 Å². The monoisotopic (exact) mass is 295 g/mol. The number of rotatable bonds is 6. The zero-order valence-electron chi connectivity index (χ0n) is 14.0. The summed E-state index contributed by atoms with van der Waals surface area (Å²) in [4.78, 5) is 14.8. The van der Waals surface area contributed by atoms with E-state index in [0.29, 0.717) is 18.0 Å². The van der Waals surface area contributed by atoms with Crippen molar-refractivity contribution in [3.8, 4) is 0 Å². The Bertz CT molecular complexity index is 326. The van der Waals surface area contributed by atoms with Crippen molar-refractivity contribution in [3.05, 3.63) is 0 Å². The fourth-order valence-electron chi connectivity index (χ4n) is 3.58. The number of carbonyl (C=O) groups is 1. The molecule has 2 aliphatic rings. The van der Waals surface area contributed by atoms with Gasteiger partial charge in [-0.25, -0.2) is 0 Å². The quantitative estimate of drug-likeness (QED) is 0.789. The highest BCUT2D eigenvalue weighted by Crippen LogP contribution is 2.20. The van der Waals surface area contributed by atoms with Crippen LogP contribution in [0.5, 0.6) is 0 Å². The summed E-state index contributed by atoms with van der Waals surface area (Å²) in [5, 5.41) is 6.78. The fraction of sp³-hybridized carbons (Fsp3) is 0.941. The van der Waals surface area contributed by atoms with Crippen LogP contribution in [-0.2, 0) is 4.79 Å². The van der Waals surface area contributed by atoms with Crippen molar-refractivity contribution in [1.29, 1.82) is 0 Å². The first-order chi connectivity index (χ1) is 10.1. The SMILES string of the molecule is CC(C)NCC1CCCN(C(C)C(=O)NC2CCCC2)C1. The average molecular weight is 295 g/mol. The van der Waals surface area contributed by atoms with Gasteiger partial charge in [0.2, 0.25) is 5.91 Å². The number of carbonyl (C=O) groups excluding carboxylic acids is 1. The second-order valence-electron chi connectivity index (χ2n) is 7.23. The predicted octanol–water partition coefficient (Wildman–Crippen LogP) is 2.14. The van der Waals surface area contributed by atoms with E-state index in [9.17, 15) is 4.79 Å². The smallest absolute Gasteiger partial charge is 0.237 e. The molecule has 1 heterocycles. The first kappa shape index (κ1) is 16.8. The Morgan fingerprint density at radius 3 is 2.52 bits per heavy atom. The van der Waals surface area contributed by atoms with E-state index in [1.165, 1.54) is 38.5 Å². The number of nitrogens with one attached hydrogen (secondary N) is 2. The topological polar surface area (TPSA) is 44.4 Å². The Kier molecular flexibility index (Phi) is 6.49. The highest BCUT2D eigenvalue weighted by atomic mass is 16.2. The molecule has 2 rings (SSSR count). The van der Waals surface area contributed by atoms with E-state index in [-0.39, 0.29) is 11.9 Å². The van der Waals surface area contributed by atoms with E-state index < -0.39 is 0 Å². The van der Waals surface area contributed by atoms with Crippen LogP contribution in [0.3, 0.4) is 0 Å². The molecule has 1 aliphatic heterocycles. The van der Waals surface area contributed by atoms with Gasteiger partial charge in [0.1, 0.15) is 0 Å². The van der Waals surface area contributed by atoms with Gasteiger partial charge >= 0.3 is 0 Å². The molecule has 1 amide bonds. The lowest BCUT2D eigenvalue weighted by molar-refractivity contribution is -0.127. The average Bonchev–Trinajstić information content (AvgIpc) is 2.97. The molecule has 0 aromatic rings. The van der Waals surface area contributed by atoms with Crippen LogP contribution < -0.4 is 10.6 Å². The van der Waals surface area contributed by atoms with Gasteiger partial charge in [0.05, 0.1) is 6.04 Å². The van der Waals surface area contributed by atoms with Gasteiger partial charge in [0, 0.05) is 18.6 Å². The van der Waals surface area contributed by atoms with Gasteiger partial charge in [0.25, 0.3) is 0 Å². The molecule has 122 valence electrons. The summed E-state index contributed by atoms with van der Waals surface area (Å²) in [6, 6.07) is 0.999. The van der Waals surface area contributed by atoms with Crippen LogP contribution in [0.15, 0.2) is 0 Å². The molecular weight excluding hydrogens is 262 g/mol. The Balaban J connectivity index is 1.77. The number of hydrogen-bond acceptors (Lipinski definition) is 3. The Morgan fingerprint density at radius 2 is 1.86 bits per heavy atom. The van der Waals surface area contributed by atoms with Crippen molar-refractivity contribution >= 4 is 5.91 Å². The van der Waals surface area contributed by atoms with Gasteiger partial charge in [-0.3, -0.25) is 9.69 Å². The van der Waals surface area contributed by atoms with Crippen molar-refractivity contribution in [2.45, 2.75) is 77.4 Å². The second kappa shape index (κ2) is 8.14. The van der Waals surface area contributed by atoms with Gasteiger partial charge in [-0.1, -0.05) is 26.7 Å². The van der Waals surface area contributed by atoms with E-state index >= 15 is 0 Å². The number of likely N-dealkylation sites (tertiary alicyclic amines) is 1. The molecule has 1 saturated heterocycles. The molecule has 2 fully saturated rings. The zero-order valence-corrected chi connectivity index (χ0v) is 14.0. The summed E-state index contributed by atoms with van der Waals surface area (Å²) in [7, 11) is 0. The van der Waals surface area contributed by atoms with E-state index in [1.54, 1.807) is 0 Å². The summed E-state index contributed by atoms with van der Waals surface area (Å²) in [5.41, 5.74) is 0. The molecule has 1 saturated carbocycles.